The number of rotatable bonds is 5. The number of nitrogens with one attached hydrogen (secondary N) is 1. The molecule has 0 spiro atoms. The second kappa shape index (κ2) is 5.58. The zero-order valence-electron chi connectivity index (χ0n) is 9.02. The van der Waals surface area contributed by atoms with E-state index in [4.69, 9.17) is 4.42 Å². The molecule has 0 amide bonds. The van der Waals surface area contributed by atoms with Crippen molar-refractivity contribution in [3.05, 3.63) is 11.5 Å². The van der Waals surface area contributed by atoms with Crippen molar-refractivity contribution in [1.29, 1.82) is 0 Å². The smallest absolute Gasteiger partial charge is 0.401 e. The van der Waals surface area contributed by atoms with Crippen molar-refractivity contribution in [1.82, 2.24) is 10.3 Å². The van der Waals surface area contributed by atoms with E-state index in [0.717, 1.165) is 11.5 Å². The van der Waals surface area contributed by atoms with Crippen molar-refractivity contribution in [3.63, 3.8) is 0 Å². The van der Waals surface area contributed by atoms with E-state index in [1.54, 1.807) is 6.92 Å². The molecule has 0 aliphatic rings. The molecule has 0 bridgehead atoms. The summed E-state index contributed by atoms with van der Waals surface area (Å²) in [6.45, 7) is 2.93. The molecule has 0 fully saturated rings. The van der Waals surface area contributed by atoms with Crippen LogP contribution < -0.4 is 5.32 Å². The fourth-order valence-electron chi connectivity index (χ4n) is 0.946. The fourth-order valence-corrected chi connectivity index (χ4v) is 1.75. The van der Waals surface area contributed by atoms with Crippen molar-refractivity contribution < 1.29 is 17.6 Å². The maximum Gasteiger partial charge on any atom is 0.401 e. The average Bonchev–Trinajstić information content (AvgIpc) is 2.44. The summed E-state index contributed by atoms with van der Waals surface area (Å²) >= 11 is 1.30. The van der Waals surface area contributed by atoms with Crippen molar-refractivity contribution in [2.45, 2.75) is 25.2 Å². The third-order valence-corrected chi connectivity index (χ3v) is 2.67. The first-order chi connectivity index (χ1) is 7.38. The van der Waals surface area contributed by atoms with Crippen LogP contribution in [0.3, 0.4) is 0 Å². The molecule has 0 aromatic carbocycles. The molecule has 3 nitrogen and oxygen atoms in total. The second-order valence-corrected chi connectivity index (χ2v) is 4.31. The third-order valence-electron chi connectivity index (χ3n) is 1.84. The zero-order valence-corrected chi connectivity index (χ0v) is 9.84. The van der Waals surface area contributed by atoms with Gasteiger partial charge in [-0.3, -0.25) is 0 Å². The van der Waals surface area contributed by atoms with Gasteiger partial charge in [0.2, 0.25) is 0 Å². The molecule has 1 heterocycles. The van der Waals surface area contributed by atoms with E-state index >= 15 is 0 Å². The molecule has 1 aromatic heterocycles. The van der Waals surface area contributed by atoms with E-state index in [2.05, 4.69) is 10.3 Å². The quantitative estimate of drug-likeness (QED) is 0.647. The van der Waals surface area contributed by atoms with Crippen LogP contribution in [0.5, 0.6) is 0 Å². The first kappa shape index (κ1) is 13.4. The highest BCUT2D eigenvalue weighted by molar-refractivity contribution is 7.99. The first-order valence-corrected chi connectivity index (χ1v) is 5.71. The minimum absolute atomic E-state index is 0.269. The Hall–Kier alpha value is -0.690. The standard InChI is InChI=1S/C9H13F3N2OS/c1-6-7(2)15-8(14-6)16-4-3-13-5-9(10,11)12/h13H,3-5H2,1-2H3. The zero-order chi connectivity index (χ0) is 12.2. The predicted molar refractivity (Wildman–Crippen MR) is 55.6 cm³/mol. The van der Waals surface area contributed by atoms with Crippen LogP contribution in [0.1, 0.15) is 11.5 Å². The summed E-state index contributed by atoms with van der Waals surface area (Å²) in [6.07, 6.45) is -4.15. The lowest BCUT2D eigenvalue weighted by Gasteiger charge is -2.06. The minimum atomic E-state index is -4.15. The second-order valence-electron chi connectivity index (χ2n) is 3.26. The van der Waals surface area contributed by atoms with E-state index in [-0.39, 0.29) is 6.54 Å². The number of aryl methyl sites for hydroxylation is 2. The average molecular weight is 254 g/mol. The van der Waals surface area contributed by atoms with Gasteiger partial charge in [-0.15, -0.1) is 0 Å². The van der Waals surface area contributed by atoms with Gasteiger partial charge in [0.15, 0.2) is 0 Å². The monoisotopic (exact) mass is 254 g/mol. The highest BCUT2D eigenvalue weighted by atomic mass is 32.2. The predicted octanol–water partition coefficient (Wildman–Crippen LogP) is 2.54. The van der Waals surface area contributed by atoms with Crippen molar-refractivity contribution >= 4 is 11.8 Å². The number of oxazole rings is 1. The minimum Gasteiger partial charge on any atom is -0.437 e. The molecule has 0 unspecified atom stereocenters. The number of hydrogen-bond donors (Lipinski definition) is 1. The van der Waals surface area contributed by atoms with E-state index in [1.165, 1.54) is 11.8 Å². The molecular formula is C9H13F3N2OS. The molecule has 7 heteroatoms. The van der Waals surface area contributed by atoms with Gasteiger partial charge in [-0.25, -0.2) is 4.98 Å². The Kier molecular flexibility index (Phi) is 4.67. The summed E-state index contributed by atoms with van der Waals surface area (Å²) in [6, 6.07) is 0. The topological polar surface area (TPSA) is 38.1 Å². The Morgan fingerprint density at radius 1 is 1.38 bits per heavy atom. The summed E-state index contributed by atoms with van der Waals surface area (Å²) in [7, 11) is 0. The van der Waals surface area contributed by atoms with Crippen LogP contribution in [-0.4, -0.2) is 30.0 Å². The summed E-state index contributed by atoms with van der Waals surface area (Å²) in [5.41, 5.74) is 0.811. The number of thioether (sulfide) groups is 1. The van der Waals surface area contributed by atoms with Crippen LogP contribution in [-0.2, 0) is 0 Å². The highest BCUT2D eigenvalue weighted by Gasteiger charge is 2.25. The van der Waals surface area contributed by atoms with Gasteiger partial charge in [0.1, 0.15) is 5.76 Å². The Morgan fingerprint density at radius 2 is 2.06 bits per heavy atom. The van der Waals surface area contributed by atoms with Crippen LogP contribution in [0, 0.1) is 13.8 Å². The summed E-state index contributed by atoms with van der Waals surface area (Å²) in [5.74, 6) is 1.24. The van der Waals surface area contributed by atoms with Gasteiger partial charge in [-0.2, -0.15) is 13.2 Å². The Bertz CT molecular complexity index is 318. The molecule has 0 radical (unpaired) electrons. The van der Waals surface area contributed by atoms with Gasteiger partial charge in [0, 0.05) is 12.3 Å². The van der Waals surface area contributed by atoms with Crippen molar-refractivity contribution in [2.75, 3.05) is 18.8 Å². The van der Waals surface area contributed by atoms with Gasteiger partial charge in [-0.05, 0) is 13.8 Å². The van der Waals surface area contributed by atoms with Crippen LogP contribution in [0.2, 0.25) is 0 Å². The van der Waals surface area contributed by atoms with Crippen molar-refractivity contribution in [3.8, 4) is 0 Å². The van der Waals surface area contributed by atoms with Gasteiger partial charge in [-0.1, -0.05) is 11.8 Å². The summed E-state index contributed by atoms with van der Waals surface area (Å²) < 4.78 is 40.5. The molecule has 1 N–H and O–H groups in total. The number of hydrogen-bond acceptors (Lipinski definition) is 4. The Morgan fingerprint density at radius 3 is 2.56 bits per heavy atom. The SMILES string of the molecule is Cc1nc(SCCNCC(F)(F)F)oc1C. The lowest BCUT2D eigenvalue weighted by molar-refractivity contribution is -0.124. The summed E-state index contributed by atoms with van der Waals surface area (Å²) in [4.78, 5) is 4.10. The molecule has 0 aliphatic carbocycles. The van der Waals surface area contributed by atoms with E-state index in [0.29, 0.717) is 11.0 Å². The Labute approximate surface area is 95.8 Å². The van der Waals surface area contributed by atoms with Gasteiger partial charge in [0.25, 0.3) is 5.22 Å². The molecule has 0 saturated heterocycles. The number of nitrogens with zero attached hydrogens (tertiary/aromatic N) is 1. The maximum atomic E-state index is 11.8. The first-order valence-electron chi connectivity index (χ1n) is 4.73. The van der Waals surface area contributed by atoms with Gasteiger partial charge < -0.3 is 9.73 Å². The normalized spacial score (nSPS) is 12.1. The van der Waals surface area contributed by atoms with E-state index in [1.807, 2.05) is 6.92 Å². The maximum absolute atomic E-state index is 11.8. The highest BCUT2D eigenvalue weighted by Crippen LogP contribution is 2.19. The van der Waals surface area contributed by atoms with Gasteiger partial charge >= 0.3 is 6.18 Å². The largest absolute Gasteiger partial charge is 0.437 e. The van der Waals surface area contributed by atoms with Crippen LogP contribution in [0.4, 0.5) is 13.2 Å². The third kappa shape index (κ3) is 4.89. The van der Waals surface area contributed by atoms with E-state index < -0.39 is 12.7 Å². The molecule has 0 saturated carbocycles. The molecule has 1 rings (SSSR count). The Balaban J connectivity index is 2.16. The number of halogens is 3. The molecule has 16 heavy (non-hydrogen) atoms. The number of aromatic nitrogens is 1. The molecule has 0 aliphatic heterocycles. The van der Waals surface area contributed by atoms with Crippen molar-refractivity contribution in [2.24, 2.45) is 0 Å². The molecule has 0 atom stereocenters. The van der Waals surface area contributed by atoms with Gasteiger partial charge in [0.05, 0.1) is 12.2 Å². The molecular weight excluding hydrogens is 241 g/mol. The van der Waals surface area contributed by atoms with Crippen LogP contribution in [0.15, 0.2) is 9.64 Å². The number of alkyl halides is 3. The lowest BCUT2D eigenvalue weighted by atomic mass is 10.4. The van der Waals surface area contributed by atoms with Crippen LogP contribution >= 0.6 is 11.8 Å². The summed E-state index contributed by atoms with van der Waals surface area (Å²) in [5, 5.41) is 2.81. The fraction of sp³-hybridized carbons (Fsp3) is 0.667. The van der Waals surface area contributed by atoms with E-state index in [9.17, 15) is 13.2 Å². The molecule has 92 valence electrons. The van der Waals surface area contributed by atoms with Crippen LogP contribution in [0.25, 0.3) is 0 Å². The molecule has 1 aromatic rings. The lowest BCUT2D eigenvalue weighted by Crippen LogP contribution is -2.30.